The van der Waals surface area contributed by atoms with Gasteiger partial charge in [0.2, 0.25) is 0 Å². The minimum atomic E-state index is -0.550. The van der Waals surface area contributed by atoms with Crippen LogP contribution in [0, 0.1) is 17.7 Å². The van der Waals surface area contributed by atoms with Gasteiger partial charge < -0.3 is 14.8 Å². The number of carbonyl (C=O) groups excluding carboxylic acids is 1. The Bertz CT molecular complexity index is 1610. The van der Waals surface area contributed by atoms with E-state index < -0.39 is 5.60 Å². The molecule has 1 amide bonds. The molecule has 1 N–H and O–H groups in total. The quantitative estimate of drug-likeness (QED) is 0.246. The van der Waals surface area contributed by atoms with E-state index in [1.807, 2.05) is 32.9 Å². The Morgan fingerprint density at radius 2 is 2.08 bits per heavy atom. The van der Waals surface area contributed by atoms with Crippen LogP contribution in [0.1, 0.15) is 44.1 Å². The van der Waals surface area contributed by atoms with E-state index in [0.717, 1.165) is 33.6 Å². The predicted molar refractivity (Wildman–Crippen MR) is 156 cm³/mol. The van der Waals surface area contributed by atoms with Crippen LogP contribution in [0.25, 0.3) is 10.2 Å². The maximum absolute atomic E-state index is 13.4. The molecule has 0 spiro atoms. The minimum absolute atomic E-state index is 0.187. The zero-order valence-electron chi connectivity index (χ0n) is 22.3. The largest absolute Gasteiger partial charge is 0.487 e. The van der Waals surface area contributed by atoms with Gasteiger partial charge in [-0.25, -0.2) is 19.2 Å². The number of nitrogens with zero attached hydrogens (tertiary/aromatic N) is 3. The summed E-state index contributed by atoms with van der Waals surface area (Å²) in [6.07, 6.45) is 2.87. The Hall–Kier alpha value is -3.87. The number of carbonyl (C=O) groups is 1. The highest BCUT2D eigenvalue weighted by atomic mass is 35.5. The molecule has 2 aromatic heterocycles. The summed E-state index contributed by atoms with van der Waals surface area (Å²) in [6.45, 7) is 6.41. The predicted octanol–water partition coefficient (Wildman–Crippen LogP) is 7.56. The molecule has 1 atom stereocenters. The molecule has 3 heterocycles. The highest BCUT2D eigenvalue weighted by Gasteiger charge is 2.31. The Balaban J connectivity index is 1.29. The highest BCUT2D eigenvalue weighted by Crippen LogP contribution is 2.33. The van der Waals surface area contributed by atoms with Gasteiger partial charge in [-0.1, -0.05) is 35.6 Å². The number of rotatable bonds is 5. The lowest BCUT2D eigenvalue weighted by molar-refractivity contribution is 0.0261. The molecular formula is C30H28ClFN4O3S. The van der Waals surface area contributed by atoms with Crippen molar-refractivity contribution >= 4 is 50.8 Å². The number of likely N-dealkylation sites (tertiary alicyclic amines) is 1. The first kappa shape index (κ1) is 27.7. The van der Waals surface area contributed by atoms with Crippen LogP contribution in [-0.2, 0) is 11.3 Å². The molecule has 1 fully saturated rings. The van der Waals surface area contributed by atoms with Gasteiger partial charge in [0, 0.05) is 12.2 Å². The normalized spacial score (nSPS) is 15.0. The number of hydrogen-bond acceptors (Lipinski definition) is 7. The van der Waals surface area contributed by atoms with Crippen LogP contribution in [-0.4, -0.2) is 39.1 Å². The molecule has 1 saturated heterocycles. The van der Waals surface area contributed by atoms with E-state index in [1.165, 1.54) is 29.8 Å². The molecule has 4 aromatic rings. The van der Waals surface area contributed by atoms with Crippen molar-refractivity contribution in [2.45, 2.75) is 51.9 Å². The summed E-state index contributed by atoms with van der Waals surface area (Å²) in [5.74, 6) is 7.27. The van der Waals surface area contributed by atoms with Crippen molar-refractivity contribution < 1.29 is 18.7 Å². The van der Waals surface area contributed by atoms with E-state index >= 15 is 0 Å². The second-order valence-corrected chi connectivity index (χ2v) is 11.8. The van der Waals surface area contributed by atoms with Crippen molar-refractivity contribution in [2.75, 3.05) is 11.9 Å². The molecular weight excluding hydrogens is 551 g/mol. The van der Waals surface area contributed by atoms with Gasteiger partial charge in [-0.2, -0.15) is 0 Å². The van der Waals surface area contributed by atoms with Crippen LogP contribution >= 0.6 is 22.9 Å². The van der Waals surface area contributed by atoms with Gasteiger partial charge in [0.25, 0.3) is 0 Å². The average Bonchev–Trinajstić information content (AvgIpc) is 3.53. The number of amides is 1. The van der Waals surface area contributed by atoms with Crippen LogP contribution < -0.4 is 10.1 Å². The topological polar surface area (TPSA) is 76.6 Å². The Morgan fingerprint density at radius 3 is 2.85 bits per heavy atom. The molecule has 10 heteroatoms. The van der Waals surface area contributed by atoms with Crippen LogP contribution in [0.15, 0.2) is 54.9 Å². The maximum atomic E-state index is 13.4. The van der Waals surface area contributed by atoms with Gasteiger partial charge in [-0.05, 0) is 75.6 Å². The van der Waals surface area contributed by atoms with Crippen molar-refractivity contribution in [3.05, 3.63) is 76.1 Å². The summed E-state index contributed by atoms with van der Waals surface area (Å²) in [6, 6.07) is 13.3. The fourth-order valence-corrected chi connectivity index (χ4v) is 5.34. The highest BCUT2D eigenvalue weighted by molar-refractivity contribution is 7.19. The molecule has 0 unspecified atom stereocenters. The smallest absolute Gasteiger partial charge is 0.411 e. The molecule has 40 heavy (non-hydrogen) atoms. The molecule has 0 saturated carbocycles. The minimum Gasteiger partial charge on any atom is -0.487 e. The third-order valence-corrected chi connectivity index (χ3v) is 7.30. The first-order valence-corrected chi connectivity index (χ1v) is 14.0. The molecule has 1 aliphatic heterocycles. The van der Waals surface area contributed by atoms with Gasteiger partial charge in [0.15, 0.2) is 0 Å². The van der Waals surface area contributed by atoms with Crippen LogP contribution in [0.2, 0.25) is 5.02 Å². The number of hydrogen-bond donors (Lipinski definition) is 1. The van der Waals surface area contributed by atoms with Crippen molar-refractivity contribution in [3.63, 3.8) is 0 Å². The van der Waals surface area contributed by atoms with E-state index in [-0.39, 0.29) is 24.6 Å². The Morgan fingerprint density at radius 1 is 1.23 bits per heavy atom. The molecule has 7 nitrogen and oxygen atoms in total. The van der Waals surface area contributed by atoms with E-state index in [4.69, 9.17) is 21.1 Å². The summed E-state index contributed by atoms with van der Waals surface area (Å²) in [5.41, 5.74) is 0.885. The SMILES string of the molecule is CC(C)(C)OC(=O)N1CCC[C@@H]1C#Cc1cc2c(Nc3ccc(OCc4cccc(F)c4)c(Cl)c3)ncnc2s1. The second kappa shape index (κ2) is 11.7. The number of ether oxygens (including phenoxy) is 2. The molecule has 2 aromatic carbocycles. The van der Waals surface area contributed by atoms with Crippen molar-refractivity contribution in [2.24, 2.45) is 0 Å². The third kappa shape index (κ3) is 6.82. The standard InChI is InChI=1S/C30H28ClFN4O3S/c1-30(2,3)39-29(37)36-13-5-8-22(36)10-11-23-16-24-27(33-18-34-28(24)40-23)35-21-9-12-26(25(31)15-21)38-17-19-6-4-7-20(32)14-19/h4,6-7,9,12,14-16,18,22H,5,8,13,17H2,1-3H3,(H,33,34,35)/t22-/m1/s1. The lowest BCUT2D eigenvalue weighted by Crippen LogP contribution is -2.39. The molecule has 206 valence electrons. The number of anilines is 2. The summed E-state index contributed by atoms with van der Waals surface area (Å²) >= 11 is 7.93. The number of fused-ring (bicyclic) bond motifs is 1. The van der Waals surface area contributed by atoms with E-state index in [2.05, 4.69) is 27.1 Å². The second-order valence-electron chi connectivity index (χ2n) is 10.3. The zero-order chi connectivity index (χ0) is 28.3. The van der Waals surface area contributed by atoms with E-state index in [1.54, 1.807) is 29.2 Å². The number of benzene rings is 2. The van der Waals surface area contributed by atoms with E-state index in [9.17, 15) is 9.18 Å². The number of halogens is 2. The fourth-order valence-electron chi connectivity index (χ4n) is 4.25. The fraction of sp³-hybridized carbons (Fsp3) is 0.300. The van der Waals surface area contributed by atoms with Gasteiger partial charge >= 0.3 is 6.09 Å². The van der Waals surface area contributed by atoms with Gasteiger partial charge in [0.1, 0.15) is 40.8 Å². The van der Waals surface area contributed by atoms with Crippen LogP contribution in [0.4, 0.5) is 20.7 Å². The Kier molecular flexibility index (Phi) is 8.10. The number of aromatic nitrogens is 2. The molecule has 5 rings (SSSR count). The van der Waals surface area contributed by atoms with Gasteiger partial charge in [-0.15, -0.1) is 11.3 Å². The van der Waals surface area contributed by atoms with Crippen LogP contribution in [0.5, 0.6) is 5.75 Å². The van der Waals surface area contributed by atoms with E-state index in [0.29, 0.717) is 28.7 Å². The molecule has 0 bridgehead atoms. The van der Waals surface area contributed by atoms with Crippen molar-refractivity contribution in [1.82, 2.24) is 14.9 Å². The summed E-state index contributed by atoms with van der Waals surface area (Å²) in [4.78, 5) is 24.7. The third-order valence-electron chi connectivity index (χ3n) is 6.05. The summed E-state index contributed by atoms with van der Waals surface area (Å²) in [5, 5.41) is 4.54. The lowest BCUT2D eigenvalue weighted by Gasteiger charge is -2.26. The van der Waals surface area contributed by atoms with Gasteiger partial charge in [0.05, 0.1) is 21.3 Å². The molecule has 0 aliphatic carbocycles. The maximum Gasteiger partial charge on any atom is 0.411 e. The summed E-state index contributed by atoms with van der Waals surface area (Å²) < 4.78 is 24.7. The first-order chi connectivity index (χ1) is 19.1. The average molecular weight is 579 g/mol. The molecule has 0 radical (unpaired) electrons. The number of nitrogens with one attached hydrogen (secondary N) is 1. The Labute approximate surface area is 241 Å². The van der Waals surface area contributed by atoms with Crippen LogP contribution in [0.3, 0.4) is 0 Å². The van der Waals surface area contributed by atoms with Crippen molar-refractivity contribution in [3.8, 4) is 17.6 Å². The zero-order valence-corrected chi connectivity index (χ0v) is 23.9. The number of thiophene rings is 1. The monoisotopic (exact) mass is 578 g/mol. The lowest BCUT2D eigenvalue weighted by atomic mass is 10.2. The van der Waals surface area contributed by atoms with Gasteiger partial charge in [-0.3, -0.25) is 4.90 Å². The molecule has 1 aliphatic rings. The first-order valence-electron chi connectivity index (χ1n) is 12.8. The van der Waals surface area contributed by atoms with Crippen molar-refractivity contribution in [1.29, 1.82) is 0 Å². The summed E-state index contributed by atoms with van der Waals surface area (Å²) in [7, 11) is 0.